The van der Waals surface area contributed by atoms with E-state index in [0.29, 0.717) is 0 Å². The van der Waals surface area contributed by atoms with Gasteiger partial charge in [0.05, 0.1) is 5.51 Å². The Labute approximate surface area is 70.2 Å². The van der Waals surface area contributed by atoms with Gasteiger partial charge in [0.25, 0.3) is 0 Å². The van der Waals surface area contributed by atoms with Gasteiger partial charge < -0.3 is 4.74 Å². The van der Waals surface area contributed by atoms with Crippen molar-refractivity contribution in [2.24, 2.45) is 0 Å². The first-order valence-corrected chi connectivity index (χ1v) is 4.81. The lowest BCUT2D eigenvalue weighted by atomic mass is 9.99. The van der Waals surface area contributed by atoms with E-state index < -0.39 is 0 Å². The average Bonchev–Trinajstić information content (AvgIpc) is 2.58. The van der Waals surface area contributed by atoms with Crippen LogP contribution in [0.5, 0.6) is 0 Å². The standard InChI is InChI=1S/C8H11NOS/c1-3-10-4-2-7(1)8-5-9-6-11-8/h5-7H,1-4H2. The Hall–Kier alpha value is -0.410. The van der Waals surface area contributed by atoms with Crippen LogP contribution in [0.2, 0.25) is 0 Å². The Kier molecular flexibility index (Phi) is 2.19. The molecule has 60 valence electrons. The van der Waals surface area contributed by atoms with Crippen LogP contribution in [0.15, 0.2) is 11.7 Å². The first kappa shape index (κ1) is 7.25. The minimum absolute atomic E-state index is 0.719. The molecule has 2 nitrogen and oxygen atoms in total. The monoisotopic (exact) mass is 169 g/mol. The number of ether oxygens (including phenoxy) is 1. The van der Waals surface area contributed by atoms with Gasteiger partial charge in [-0.05, 0) is 18.8 Å². The highest BCUT2D eigenvalue weighted by molar-refractivity contribution is 7.09. The maximum atomic E-state index is 5.28. The summed E-state index contributed by atoms with van der Waals surface area (Å²) in [6.07, 6.45) is 4.32. The first-order chi connectivity index (χ1) is 5.47. The lowest BCUT2D eigenvalue weighted by Crippen LogP contribution is -2.12. The van der Waals surface area contributed by atoms with Crippen LogP contribution in [-0.4, -0.2) is 18.2 Å². The molecule has 11 heavy (non-hydrogen) atoms. The van der Waals surface area contributed by atoms with Crippen molar-refractivity contribution in [1.29, 1.82) is 0 Å². The molecular formula is C8H11NOS. The van der Waals surface area contributed by atoms with Crippen LogP contribution in [0.4, 0.5) is 0 Å². The third-order valence-electron chi connectivity index (χ3n) is 2.08. The van der Waals surface area contributed by atoms with Crippen LogP contribution in [-0.2, 0) is 4.74 Å². The molecule has 1 aliphatic heterocycles. The topological polar surface area (TPSA) is 22.1 Å². The molecule has 0 aromatic carbocycles. The summed E-state index contributed by atoms with van der Waals surface area (Å²) < 4.78 is 5.28. The Bertz CT molecular complexity index is 204. The molecule has 1 aromatic heterocycles. The molecule has 1 aromatic rings. The van der Waals surface area contributed by atoms with Gasteiger partial charge in [-0.25, -0.2) is 0 Å². The second-order valence-electron chi connectivity index (χ2n) is 2.79. The summed E-state index contributed by atoms with van der Waals surface area (Å²) in [6, 6.07) is 0. The van der Waals surface area contributed by atoms with E-state index in [1.54, 1.807) is 11.3 Å². The minimum atomic E-state index is 0.719. The predicted octanol–water partition coefficient (Wildman–Crippen LogP) is 2.04. The van der Waals surface area contributed by atoms with Crippen molar-refractivity contribution in [2.75, 3.05) is 13.2 Å². The summed E-state index contributed by atoms with van der Waals surface area (Å²) in [6.45, 7) is 1.84. The van der Waals surface area contributed by atoms with Gasteiger partial charge in [0.2, 0.25) is 0 Å². The maximum Gasteiger partial charge on any atom is 0.0794 e. The summed E-state index contributed by atoms with van der Waals surface area (Å²) in [5.74, 6) is 0.719. The summed E-state index contributed by atoms with van der Waals surface area (Å²) in [7, 11) is 0. The van der Waals surface area contributed by atoms with E-state index in [-0.39, 0.29) is 0 Å². The molecule has 2 heterocycles. The third kappa shape index (κ3) is 1.60. The second-order valence-corrected chi connectivity index (χ2v) is 3.71. The zero-order chi connectivity index (χ0) is 7.52. The highest BCUT2D eigenvalue weighted by atomic mass is 32.1. The number of rotatable bonds is 1. The van der Waals surface area contributed by atoms with Crippen molar-refractivity contribution in [3.63, 3.8) is 0 Å². The zero-order valence-electron chi connectivity index (χ0n) is 6.32. The Balaban J connectivity index is 2.04. The lowest BCUT2D eigenvalue weighted by molar-refractivity contribution is 0.0860. The molecule has 1 fully saturated rings. The quantitative estimate of drug-likeness (QED) is 0.641. The lowest BCUT2D eigenvalue weighted by Gasteiger charge is -2.19. The van der Waals surface area contributed by atoms with Crippen molar-refractivity contribution < 1.29 is 4.74 Å². The molecule has 0 spiro atoms. The van der Waals surface area contributed by atoms with Gasteiger partial charge in [0.15, 0.2) is 0 Å². The molecule has 1 aliphatic rings. The normalized spacial score (nSPS) is 20.4. The number of aromatic nitrogens is 1. The van der Waals surface area contributed by atoms with Gasteiger partial charge in [-0.1, -0.05) is 0 Å². The van der Waals surface area contributed by atoms with Crippen molar-refractivity contribution in [3.05, 3.63) is 16.6 Å². The van der Waals surface area contributed by atoms with E-state index >= 15 is 0 Å². The van der Waals surface area contributed by atoms with Crippen LogP contribution in [0, 0.1) is 0 Å². The maximum absolute atomic E-state index is 5.28. The fourth-order valence-electron chi connectivity index (χ4n) is 1.41. The molecule has 2 rings (SSSR count). The molecule has 0 radical (unpaired) electrons. The van der Waals surface area contributed by atoms with Gasteiger partial charge in [-0.15, -0.1) is 11.3 Å². The van der Waals surface area contributed by atoms with E-state index in [1.807, 2.05) is 11.7 Å². The SMILES string of the molecule is c1ncc(C2CCOCC2)s1. The predicted molar refractivity (Wildman–Crippen MR) is 44.9 cm³/mol. The minimum Gasteiger partial charge on any atom is -0.381 e. The largest absolute Gasteiger partial charge is 0.381 e. The van der Waals surface area contributed by atoms with Crippen molar-refractivity contribution in [3.8, 4) is 0 Å². The summed E-state index contributed by atoms with van der Waals surface area (Å²) in [5.41, 5.74) is 1.91. The van der Waals surface area contributed by atoms with Crippen LogP contribution in [0.25, 0.3) is 0 Å². The molecule has 0 saturated carbocycles. The first-order valence-electron chi connectivity index (χ1n) is 3.93. The van der Waals surface area contributed by atoms with Gasteiger partial charge >= 0.3 is 0 Å². The Morgan fingerprint density at radius 2 is 2.27 bits per heavy atom. The number of thiazole rings is 1. The summed E-state index contributed by atoms with van der Waals surface area (Å²) in [5, 5.41) is 0. The molecule has 0 unspecified atom stereocenters. The van der Waals surface area contributed by atoms with E-state index in [4.69, 9.17) is 4.74 Å². The molecule has 0 amide bonds. The van der Waals surface area contributed by atoms with E-state index in [0.717, 1.165) is 19.1 Å². The molecule has 0 atom stereocenters. The van der Waals surface area contributed by atoms with Crippen LogP contribution < -0.4 is 0 Å². The molecule has 1 saturated heterocycles. The second kappa shape index (κ2) is 3.32. The zero-order valence-corrected chi connectivity index (χ0v) is 7.14. The van der Waals surface area contributed by atoms with Crippen molar-refractivity contribution in [1.82, 2.24) is 4.98 Å². The smallest absolute Gasteiger partial charge is 0.0794 e. The molecule has 3 heteroatoms. The molecule has 0 N–H and O–H groups in total. The molecular weight excluding hydrogens is 158 g/mol. The van der Waals surface area contributed by atoms with Gasteiger partial charge in [0, 0.05) is 24.3 Å². The average molecular weight is 169 g/mol. The van der Waals surface area contributed by atoms with Crippen LogP contribution >= 0.6 is 11.3 Å². The Morgan fingerprint density at radius 3 is 2.91 bits per heavy atom. The highest BCUT2D eigenvalue weighted by Crippen LogP contribution is 2.28. The van der Waals surface area contributed by atoms with E-state index in [9.17, 15) is 0 Å². The van der Waals surface area contributed by atoms with Gasteiger partial charge in [-0.3, -0.25) is 4.98 Å². The van der Waals surface area contributed by atoms with E-state index in [2.05, 4.69) is 4.98 Å². The van der Waals surface area contributed by atoms with Crippen molar-refractivity contribution in [2.45, 2.75) is 18.8 Å². The van der Waals surface area contributed by atoms with E-state index in [1.165, 1.54) is 17.7 Å². The summed E-state index contributed by atoms with van der Waals surface area (Å²) in [4.78, 5) is 5.50. The molecule has 0 bridgehead atoms. The molecule has 0 aliphatic carbocycles. The number of hydrogen-bond donors (Lipinski definition) is 0. The Morgan fingerprint density at radius 1 is 1.45 bits per heavy atom. The highest BCUT2D eigenvalue weighted by Gasteiger charge is 2.16. The summed E-state index contributed by atoms with van der Waals surface area (Å²) >= 11 is 1.76. The van der Waals surface area contributed by atoms with Gasteiger partial charge in [0.1, 0.15) is 0 Å². The fraction of sp³-hybridized carbons (Fsp3) is 0.625. The van der Waals surface area contributed by atoms with Crippen LogP contribution in [0.3, 0.4) is 0 Å². The van der Waals surface area contributed by atoms with Gasteiger partial charge in [-0.2, -0.15) is 0 Å². The number of hydrogen-bond acceptors (Lipinski definition) is 3. The fourth-order valence-corrected chi connectivity index (χ4v) is 2.20. The third-order valence-corrected chi connectivity index (χ3v) is 3.01. The number of nitrogens with zero attached hydrogens (tertiary/aromatic N) is 1. The van der Waals surface area contributed by atoms with Crippen molar-refractivity contribution >= 4 is 11.3 Å². The van der Waals surface area contributed by atoms with Crippen LogP contribution in [0.1, 0.15) is 23.6 Å².